The highest BCUT2D eigenvalue weighted by atomic mass is 32.1. The van der Waals surface area contributed by atoms with Crippen molar-refractivity contribution in [2.45, 2.75) is 5.60 Å². The summed E-state index contributed by atoms with van der Waals surface area (Å²) in [4.78, 5) is 22.7. The van der Waals surface area contributed by atoms with Gasteiger partial charge in [0, 0.05) is 12.6 Å². The summed E-state index contributed by atoms with van der Waals surface area (Å²) in [7, 11) is 1.36. The summed E-state index contributed by atoms with van der Waals surface area (Å²) in [5.41, 5.74) is -0.914. The van der Waals surface area contributed by atoms with Crippen LogP contribution in [0.1, 0.15) is 11.3 Å². The molecule has 1 unspecified atom stereocenters. The van der Waals surface area contributed by atoms with E-state index in [0.717, 1.165) is 0 Å². The Morgan fingerprint density at radius 3 is 2.75 bits per heavy atom. The Kier molecular flexibility index (Phi) is 4.21. The Morgan fingerprint density at radius 1 is 1.40 bits per heavy atom. The molecule has 0 aliphatic carbocycles. The van der Waals surface area contributed by atoms with E-state index in [1.165, 1.54) is 24.6 Å². The van der Waals surface area contributed by atoms with Crippen LogP contribution >= 0.6 is 11.3 Å². The molecule has 0 saturated carbocycles. The van der Waals surface area contributed by atoms with Crippen molar-refractivity contribution >= 4 is 23.2 Å². The van der Waals surface area contributed by atoms with Gasteiger partial charge < -0.3 is 20.2 Å². The van der Waals surface area contributed by atoms with E-state index in [4.69, 9.17) is 4.42 Å². The molecule has 2 heterocycles. The Labute approximate surface area is 119 Å². The van der Waals surface area contributed by atoms with Crippen LogP contribution in [0.4, 0.5) is 0 Å². The SMILES string of the molecule is CNC(=O)C(=O)NCC(O)(c1ccsc1)c1ccco1. The summed E-state index contributed by atoms with van der Waals surface area (Å²) in [6, 6.07) is 5.00. The fraction of sp³-hybridized carbons (Fsp3) is 0.231. The summed E-state index contributed by atoms with van der Waals surface area (Å²) >= 11 is 1.42. The van der Waals surface area contributed by atoms with E-state index in [1.807, 2.05) is 5.38 Å². The van der Waals surface area contributed by atoms with Crippen LogP contribution in [0.5, 0.6) is 0 Å². The number of aliphatic hydroxyl groups is 1. The second-order valence-corrected chi connectivity index (χ2v) is 4.89. The van der Waals surface area contributed by atoms with Crippen LogP contribution in [0.3, 0.4) is 0 Å². The number of thiophene rings is 1. The van der Waals surface area contributed by atoms with Crippen molar-refractivity contribution < 1.29 is 19.1 Å². The first-order valence-electron chi connectivity index (χ1n) is 5.87. The van der Waals surface area contributed by atoms with Gasteiger partial charge in [-0.05, 0) is 29.0 Å². The first-order valence-corrected chi connectivity index (χ1v) is 6.81. The third-order valence-corrected chi connectivity index (χ3v) is 3.55. The predicted octanol–water partition coefficient (Wildman–Crippen LogP) is 0.439. The summed E-state index contributed by atoms with van der Waals surface area (Å²) in [6.07, 6.45) is 1.44. The van der Waals surface area contributed by atoms with Gasteiger partial charge in [0.1, 0.15) is 5.76 Å². The lowest BCUT2D eigenvalue weighted by Crippen LogP contribution is -2.46. The Morgan fingerprint density at radius 2 is 2.20 bits per heavy atom. The van der Waals surface area contributed by atoms with Gasteiger partial charge in [-0.2, -0.15) is 11.3 Å². The van der Waals surface area contributed by atoms with Gasteiger partial charge in [0.05, 0.1) is 12.8 Å². The molecule has 2 amide bonds. The lowest BCUT2D eigenvalue weighted by atomic mass is 9.93. The number of nitrogens with one attached hydrogen (secondary N) is 2. The number of furan rings is 1. The molecule has 0 saturated heterocycles. The van der Waals surface area contributed by atoms with Crippen LogP contribution in [0.2, 0.25) is 0 Å². The van der Waals surface area contributed by atoms with Crippen molar-refractivity contribution in [3.8, 4) is 0 Å². The summed E-state index contributed by atoms with van der Waals surface area (Å²) in [5.74, 6) is -1.28. The molecule has 3 N–H and O–H groups in total. The molecule has 0 fully saturated rings. The highest BCUT2D eigenvalue weighted by molar-refractivity contribution is 7.08. The van der Waals surface area contributed by atoms with Crippen molar-refractivity contribution in [1.29, 1.82) is 0 Å². The molecule has 2 aromatic heterocycles. The number of carbonyl (C=O) groups is 2. The van der Waals surface area contributed by atoms with E-state index < -0.39 is 17.4 Å². The molecule has 0 spiro atoms. The Bertz CT molecular complexity index is 543. The van der Waals surface area contributed by atoms with Gasteiger partial charge in [0.2, 0.25) is 0 Å². The van der Waals surface area contributed by atoms with Crippen molar-refractivity contribution in [1.82, 2.24) is 10.6 Å². The van der Waals surface area contributed by atoms with Crippen LogP contribution < -0.4 is 10.6 Å². The second-order valence-electron chi connectivity index (χ2n) is 4.11. The number of hydrogen-bond acceptors (Lipinski definition) is 5. The zero-order valence-electron chi connectivity index (χ0n) is 10.8. The third-order valence-electron chi connectivity index (χ3n) is 2.87. The first kappa shape index (κ1) is 14.3. The zero-order chi connectivity index (χ0) is 14.6. The average Bonchev–Trinajstić information content (AvgIpc) is 3.15. The minimum Gasteiger partial charge on any atom is -0.466 e. The Hall–Kier alpha value is -2.12. The van der Waals surface area contributed by atoms with Gasteiger partial charge >= 0.3 is 11.8 Å². The summed E-state index contributed by atoms with van der Waals surface area (Å²) in [5, 5.41) is 19.0. The van der Waals surface area contributed by atoms with Gasteiger partial charge in [0.15, 0.2) is 5.60 Å². The van der Waals surface area contributed by atoms with Crippen LogP contribution in [0.25, 0.3) is 0 Å². The van der Waals surface area contributed by atoms with E-state index in [1.54, 1.807) is 23.6 Å². The molecule has 0 aliphatic heterocycles. The standard InChI is InChI=1S/C13H14N2O4S/c1-14-11(16)12(17)15-8-13(18,9-4-6-20-7-9)10-3-2-5-19-10/h2-7,18H,8H2,1H3,(H,14,16)(H,15,17). The normalized spacial score (nSPS) is 13.5. The third kappa shape index (κ3) is 2.73. The van der Waals surface area contributed by atoms with E-state index in [-0.39, 0.29) is 6.54 Å². The van der Waals surface area contributed by atoms with E-state index in [0.29, 0.717) is 11.3 Å². The van der Waals surface area contributed by atoms with Gasteiger partial charge in [-0.25, -0.2) is 0 Å². The molecule has 20 heavy (non-hydrogen) atoms. The average molecular weight is 294 g/mol. The van der Waals surface area contributed by atoms with Crippen LogP contribution in [0, 0.1) is 0 Å². The van der Waals surface area contributed by atoms with Gasteiger partial charge in [-0.3, -0.25) is 9.59 Å². The maximum absolute atomic E-state index is 11.5. The molecule has 0 aliphatic rings. The maximum Gasteiger partial charge on any atom is 0.309 e. The highest BCUT2D eigenvalue weighted by Crippen LogP contribution is 2.30. The number of likely N-dealkylation sites (N-methyl/N-ethyl adjacent to an activating group) is 1. The molecule has 1 atom stereocenters. The lowest BCUT2D eigenvalue weighted by Gasteiger charge is -2.25. The van der Waals surface area contributed by atoms with E-state index in [9.17, 15) is 14.7 Å². The quantitative estimate of drug-likeness (QED) is 0.714. The molecule has 0 radical (unpaired) electrons. The monoisotopic (exact) mass is 294 g/mol. The predicted molar refractivity (Wildman–Crippen MR) is 73.1 cm³/mol. The van der Waals surface area contributed by atoms with Gasteiger partial charge in [-0.1, -0.05) is 0 Å². The molecule has 7 heteroatoms. The second kappa shape index (κ2) is 5.89. The van der Waals surface area contributed by atoms with Crippen LogP contribution in [-0.4, -0.2) is 30.5 Å². The molecule has 6 nitrogen and oxygen atoms in total. The van der Waals surface area contributed by atoms with E-state index >= 15 is 0 Å². The molecular formula is C13H14N2O4S. The first-order chi connectivity index (χ1) is 9.58. The number of rotatable bonds is 4. The smallest absolute Gasteiger partial charge is 0.309 e. The van der Waals surface area contributed by atoms with Gasteiger partial charge in [-0.15, -0.1) is 0 Å². The molecular weight excluding hydrogens is 280 g/mol. The van der Waals surface area contributed by atoms with Crippen molar-refractivity contribution in [2.75, 3.05) is 13.6 Å². The van der Waals surface area contributed by atoms with Crippen molar-refractivity contribution in [2.24, 2.45) is 0 Å². The molecule has 2 rings (SSSR count). The number of amides is 2. The molecule has 106 valence electrons. The fourth-order valence-electron chi connectivity index (χ4n) is 1.75. The minimum atomic E-state index is -1.51. The summed E-state index contributed by atoms with van der Waals surface area (Å²) < 4.78 is 5.24. The summed E-state index contributed by atoms with van der Waals surface area (Å²) in [6.45, 7) is -0.163. The highest BCUT2D eigenvalue weighted by Gasteiger charge is 2.35. The van der Waals surface area contributed by atoms with Crippen LogP contribution in [-0.2, 0) is 15.2 Å². The fourth-order valence-corrected chi connectivity index (χ4v) is 2.47. The Balaban J connectivity index is 2.21. The lowest BCUT2D eigenvalue weighted by molar-refractivity contribution is -0.139. The number of carbonyl (C=O) groups excluding carboxylic acids is 2. The van der Waals surface area contributed by atoms with Crippen molar-refractivity contribution in [3.05, 3.63) is 46.5 Å². The van der Waals surface area contributed by atoms with Crippen molar-refractivity contribution in [3.63, 3.8) is 0 Å². The van der Waals surface area contributed by atoms with Gasteiger partial charge in [0.25, 0.3) is 0 Å². The largest absolute Gasteiger partial charge is 0.466 e. The topological polar surface area (TPSA) is 91.6 Å². The molecule has 0 aromatic carbocycles. The zero-order valence-corrected chi connectivity index (χ0v) is 11.6. The number of hydrogen-bond donors (Lipinski definition) is 3. The molecule has 0 bridgehead atoms. The maximum atomic E-state index is 11.5. The molecule has 2 aromatic rings. The van der Waals surface area contributed by atoms with Crippen LogP contribution in [0.15, 0.2) is 39.6 Å². The van der Waals surface area contributed by atoms with E-state index in [2.05, 4.69) is 10.6 Å². The minimum absolute atomic E-state index is 0.163.